The molecule has 2 heterocycles. The van der Waals surface area contributed by atoms with Gasteiger partial charge in [0.25, 0.3) is 5.91 Å². The zero-order valence-corrected chi connectivity index (χ0v) is 13.5. The molecule has 24 heavy (non-hydrogen) atoms. The monoisotopic (exact) mass is 345 g/mol. The SMILES string of the molecule is O=C(NCc1cccnc1)c1cccc(N2C(=O)CCS2(=O)=O)c1. The largest absolute Gasteiger partial charge is 0.348 e. The van der Waals surface area contributed by atoms with Gasteiger partial charge in [-0.15, -0.1) is 0 Å². The molecule has 2 aromatic rings. The molecule has 1 fully saturated rings. The molecule has 1 aliphatic heterocycles. The maximum atomic E-state index is 12.2. The molecular weight excluding hydrogens is 330 g/mol. The number of rotatable bonds is 4. The van der Waals surface area contributed by atoms with E-state index in [9.17, 15) is 18.0 Å². The van der Waals surface area contributed by atoms with Crippen LogP contribution in [0.5, 0.6) is 0 Å². The Morgan fingerprint density at radius 3 is 2.75 bits per heavy atom. The lowest BCUT2D eigenvalue weighted by Crippen LogP contribution is -2.30. The fraction of sp³-hybridized carbons (Fsp3) is 0.188. The molecular formula is C16H15N3O4S. The molecule has 1 N–H and O–H groups in total. The third-order valence-corrected chi connectivity index (χ3v) is 5.29. The standard InChI is InChI=1S/C16H15N3O4S/c20-15-6-8-24(22,23)19(15)14-5-1-4-13(9-14)16(21)18-11-12-3-2-7-17-10-12/h1-5,7,9-10H,6,8,11H2,(H,18,21). The Labute approximate surface area is 139 Å². The molecule has 0 atom stereocenters. The summed E-state index contributed by atoms with van der Waals surface area (Å²) < 4.78 is 24.7. The molecule has 0 saturated carbocycles. The van der Waals surface area contributed by atoms with Gasteiger partial charge in [0.2, 0.25) is 15.9 Å². The quantitative estimate of drug-likeness (QED) is 0.894. The molecule has 1 saturated heterocycles. The summed E-state index contributed by atoms with van der Waals surface area (Å²) in [7, 11) is -3.64. The summed E-state index contributed by atoms with van der Waals surface area (Å²) in [5.74, 6) is -1.05. The lowest BCUT2D eigenvalue weighted by Gasteiger charge is -2.15. The molecule has 2 amide bonds. The number of amides is 2. The second-order valence-electron chi connectivity index (χ2n) is 5.32. The minimum absolute atomic E-state index is 0.0419. The minimum atomic E-state index is -3.64. The zero-order valence-electron chi connectivity index (χ0n) is 12.7. The number of carbonyl (C=O) groups excluding carboxylic acids is 2. The highest BCUT2D eigenvalue weighted by Gasteiger charge is 2.36. The third kappa shape index (κ3) is 3.28. The fourth-order valence-electron chi connectivity index (χ4n) is 2.43. The van der Waals surface area contributed by atoms with Crippen LogP contribution in [0.4, 0.5) is 5.69 Å². The van der Waals surface area contributed by atoms with Crippen LogP contribution in [0, 0.1) is 0 Å². The Morgan fingerprint density at radius 1 is 1.25 bits per heavy atom. The highest BCUT2D eigenvalue weighted by Crippen LogP contribution is 2.25. The Hall–Kier alpha value is -2.74. The molecule has 0 unspecified atom stereocenters. The summed E-state index contributed by atoms with van der Waals surface area (Å²) in [5.41, 5.74) is 1.32. The third-order valence-electron chi connectivity index (χ3n) is 3.60. The van der Waals surface area contributed by atoms with Crippen molar-refractivity contribution in [1.82, 2.24) is 10.3 Å². The molecule has 8 heteroatoms. The maximum absolute atomic E-state index is 12.2. The van der Waals surface area contributed by atoms with Gasteiger partial charge in [-0.25, -0.2) is 12.7 Å². The van der Waals surface area contributed by atoms with Crippen molar-refractivity contribution in [3.8, 4) is 0 Å². The smallest absolute Gasteiger partial charge is 0.251 e. The molecule has 7 nitrogen and oxygen atoms in total. The summed E-state index contributed by atoms with van der Waals surface area (Å²) >= 11 is 0. The van der Waals surface area contributed by atoms with Gasteiger partial charge in [0, 0.05) is 30.9 Å². The number of hydrogen-bond acceptors (Lipinski definition) is 5. The van der Waals surface area contributed by atoms with Crippen LogP contribution in [0.15, 0.2) is 48.8 Å². The van der Waals surface area contributed by atoms with Crippen molar-refractivity contribution in [3.05, 3.63) is 59.9 Å². The van der Waals surface area contributed by atoms with Crippen LogP contribution < -0.4 is 9.62 Å². The average Bonchev–Trinajstić information content (AvgIpc) is 2.86. The van der Waals surface area contributed by atoms with Crippen molar-refractivity contribution in [2.24, 2.45) is 0 Å². The lowest BCUT2D eigenvalue weighted by atomic mass is 10.1. The predicted octanol–water partition coefficient (Wildman–Crippen LogP) is 1.08. The Morgan fingerprint density at radius 2 is 2.08 bits per heavy atom. The van der Waals surface area contributed by atoms with Crippen molar-refractivity contribution in [1.29, 1.82) is 0 Å². The summed E-state index contributed by atoms with van der Waals surface area (Å²) in [6.07, 6.45) is 3.24. The van der Waals surface area contributed by atoms with Crippen LogP contribution in [0.2, 0.25) is 0 Å². The van der Waals surface area contributed by atoms with Crippen LogP contribution in [0.3, 0.4) is 0 Å². The predicted molar refractivity (Wildman–Crippen MR) is 87.7 cm³/mol. The number of pyridine rings is 1. The van der Waals surface area contributed by atoms with Gasteiger partial charge >= 0.3 is 0 Å². The number of benzene rings is 1. The van der Waals surface area contributed by atoms with Gasteiger partial charge in [0.1, 0.15) is 0 Å². The highest BCUT2D eigenvalue weighted by atomic mass is 32.2. The second kappa shape index (κ2) is 6.40. The number of aromatic nitrogens is 1. The first kappa shape index (κ1) is 16.1. The fourth-order valence-corrected chi connectivity index (χ4v) is 3.88. The van der Waals surface area contributed by atoms with E-state index in [2.05, 4.69) is 10.3 Å². The number of nitrogens with zero attached hydrogens (tertiary/aromatic N) is 2. The lowest BCUT2D eigenvalue weighted by molar-refractivity contribution is -0.116. The minimum Gasteiger partial charge on any atom is -0.348 e. The van der Waals surface area contributed by atoms with Crippen LogP contribution >= 0.6 is 0 Å². The van der Waals surface area contributed by atoms with Crippen LogP contribution in [-0.4, -0.2) is 31.0 Å². The van der Waals surface area contributed by atoms with Crippen LogP contribution in [0.25, 0.3) is 0 Å². The Balaban J connectivity index is 1.78. The van der Waals surface area contributed by atoms with Gasteiger partial charge in [-0.3, -0.25) is 14.6 Å². The molecule has 1 aromatic heterocycles. The van der Waals surface area contributed by atoms with E-state index in [0.717, 1.165) is 9.87 Å². The molecule has 0 aliphatic carbocycles. The van der Waals surface area contributed by atoms with E-state index in [4.69, 9.17) is 0 Å². The van der Waals surface area contributed by atoms with Crippen molar-refractivity contribution >= 4 is 27.5 Å². The van der Waals surface area contributed by atoms with E-state index < -0.39 is 15.9 Å². The molecule has 0 bridgehead atoms. The highest BCUT2D eigenvalue weighted by molar-refractivity contribution is 7.94. The first-order chi connectivity index (χ1) is 11.5. The number of sulfonamides is 1. The van der Waals surface area contributed by atoms with Gasteiger partial charge < -0.3 is 5.32 Å². The summed E-state index contributed by atoms with van der Waals surface area (Å²) in [5, 5.41) is 2.73. The van der Waals surface area contributed by atoms with E-state index in [1.807, 2.05) is 6.07 Å². The van der Waals surface area contributed by atoms with Gasteiger partial charge in [0.05, 0.1) is 11.4 Å². The van der Waals surface area contributed by atoms with E-state index in [-0.39, 0.29) is 29.3 Å². The van der Waals surface area contributed by atoms with E-state index >= 15 is 0 Å². The molecule has 1 aliphatic rings. The van der Waals surface area contributed by atoms with Crippen molar-refractivity contribution < 1.29 is 18.0 Å². The number of nitrogens with one attached hydrogen (secondary N) is 1. The normalized spacial score (nSPS) is 16.2. The molecule has 0 radical (unpaired) electrons. The molecule has 3 rings (SSSR count). The van der Waals surface area contributed by atoms with Gasteiger partial charge in [-0.05, 0) is 29.8 Å². The zero-order chi connectivity index (χ0) is 17.2. The van der Waals surface area contributed by atoms with Crippen molar-refractivity contribution in [3.63, 3.8) is 0 Å². The Kier molecular flexibility index (Phi) is 4.30. The average molecular weight is 345 g/mol. The van der Waals surface area contributed by atoms with Gasteiger partial charge in [0.15, 0.2) is 0 Å². The summed E-state index contributed by atoms with van der Waals surface area (Å²) in [4.78, 5) is 28.0. The molecule has 124 valence electrons. The van der Waals surface area contributed by atoms with Crippen LogP contribution in [-0.2, 0) is 21.4 Å². The summed E-state index contributed by atoms with van der Waals surface area (Å²) in [6, 6.07) is 9.62. The number of carbonyl (C=O) groups is 2. The van der Waals surface area contributed by atoms with Crippen molar-refractivity contribution in [2.75, 3.05) is 10.1 Å². The van der Waals surface area contributed by atoms with Crippen molar-refractivity contribution in [2.45, 2.75) is 13.0 Å². The van der Waals surface area contributed by atoms with E-state index in [1.165, 1.54) is 12.1 Å². The first-order valence-corrected chi connectivity index (χ1v) is 8.91. The van der Waals surface area contributed by atoms with Gasteiger partial charge in [-0.2, -0.15) is 0 Å². The number of hydrogen-bond donors (Lipinski definition) is 1. The molecule has 0 spiro atoms. The van der Waals surface area contributed by atoms with Crippen LogP contribution in [0.1, 0.15) is 22.3 Å². The number of anilines is 1. The topological polar surface area (TPSA) is 96.4 Å². The Bertz CT molecular complexity index is 881. The summed E-state index contributed by atoms with van der Waals surface area (Å²) in [6.45, 7) is 0.303. The van der Waals surface area contributed by atoms with Gasteiger partial charge in [-0.1, -0.05) is 12.1 Å². The first-order valence-electron chi connectivity index (χ1n) is 7.30. The maximum Gasteiger partial charge on any atom is 0.251 e. The van der Waals surface area contributed by atoms with E-state index in [1.54, 1.807) is 30.6 Å². The second-order valence-corrected chi connectivity index (χ2v) is 7.26. The molecule has 1 aromatic carbocycles. The van der Waals surface area contributed by atoms with E-state index in [0.29, 0.717) is 6.54 Å².